The maximum atomic E-state index is 14.3. The molecule has 0 aliphatic carbocycles. The van der Waals surface area contributed by atoms with Gasteiger partial charge >= 0.3 is 5.97 Å². The summed E-state index contributed by atoms with van der Waals surface area (Å²) in [4.78, 5) is 134. The number of aliphatic carboxylic acids is 1. The lowest BCUT2D eigenvalue weighted by atomic mass is 9.99. The fourth-order valence-corrected chi connectivity index (χ4v) is 8.08. The molecule has 3 aromatic rings. The number of carbonyl (C=O) groups excluding carboxylic acids is 9. The molecule has 0 bridgehead atoms. The van der Waals surface area contributed by atoms with Gasteiger partial charge in [0.05, 0.1) is 31.8 Å². The number of benzene rings is 3. The highest BCUT2D eigenvalue weighted by molar-refractivity contribution is 5.97. The molecule has 0 aromatic heterocycles. The van der Waals surface area contributed by atoms with Gasteiger partial charge in [-0.1, -0.05) is 111 Å². The van der Waals surface area contributed by atoms with Gasteiger partial charge in [0, 0.05) is 19.3 Å². The summed E-state index contributed by atoms with van der Waals surface area (Å²) in [5.74, 6) is -9.52. The second-order valence-corrected chi connectivity index (χ2v) is 19.6. The highest BCUT2D eigenvalue weighted by Gasteiger charge is 2.35. The summed E-state index contributed by atoms with van der Waals surface area (Å²) in [5.41, 5.74) is 19.0. The predicted octanol–water partition coefficient (Wildman–Crippen LogP) is -2.96. The molecular formula is C55H80N12O13. The highest BCUT2D eigenvalue weighted by atomic mass is 16.4. The average molecular weight is 1120 g/mol. The zero-order valence-corrected chi connectivity index (χ0v) is 45.5. The largest absolute Gasteiger partial charge is 0.480 e. The van der Waals surface area contributed by atoms with Crippen molar-refractivity contribution in [3.05, 3.63) is 108 Å². The highest BCUT2D eigenvalue weighted by Crippen LogP contribution is 2.12. The summed E-state index contributed by atoms with van der Waals surface area (Å²) in [6.45, 7) is 2.78. The Kier molecular flexibility index (Phi) is 29.6. The molecule has 3 aromatic carbocycles. The molecule has 0 saturated carbocycles. The van der Waals surface area contributed by atoms with Gasteiger partial charge in [0.2, 0.25) is 53.2 Å². The van der Waals surface area contributed by atoms with Gasteiger partial charge in [0.1, 0.15) is 42.3 Å². The maximum absolute atomic E-state index is 14.3. The molecule has 25 heteroatoms. The van der Waals surface area contributed by atoms with Crippen LogP contribution in [0.2, 0.25) is 0 Å². The number of aliphatic hydroxyl groups excluding tert-OH is 2. The lowest BCUT2D eigenvalue weighted by Crippen LogP contribution is -2.60. The van der Waals surface area contributed by atoms with Crippen molar-refractivity contribution in [2.75, 3.05) is 32.8 Å². The van der Waals surface area contributed by atoms with Gasteiger partial charge in [-0.05, 0) is 74.7 Å². The Bertz CT molecular complexity index is 2470. The van der Waals surface area contributed by atoms with Crippen LogP contribution in [0.15, 0.2) is 91.0 Å². The van der Waals surface area contributed by atoms with E-state index in [9.17, 15) is 63.3 Å². The van der Waals surface area contributed by atoms with Crippen LogP contribution in [-0.4, -0.2) is 162 Å². The molecular weight excluding hydrogens is 1040 g/mol. The number of rotatable bonds is 36. The fourth-order valence-electron chi connectivity index (χ4n) is 8.08. The summed E-state index contributed by atoms with van der Waals surface area (Å²) in [5, 5.41) is 52.7. The van der Waals surface area contributed by atoms with Gasteiger partial charge in [-0.15, -0.1) is 0 Å². The van der Waals surface area contributed by atoms with E-state index < -0.39 is 139 Å². The minimum atomic E-state index is -1.64. The molecule has 0 fully saturated rings. The summed E-state index contributed by atoms with van der Waals surface area (Å²) in [7, 11) is 0. The molecule has 18 N–H and O–H groups in total. The molecule has 0 radical (unpaired) electrons. The normalized spacial score (nSPS) is 14.4. The third-order valence-electron chi connectivity index (χ3n) is 12.6. The Morgan fingerprint density at radius 1 is 0.450 bits per heavy atom. The molecule has 1 unspecified atom stereocenters. The van der Waals surface area contributed by atoms with Crippen LogP contribution >= 0.6 is 0 Å². The van der Waals surface area contributed by atoms with Crippen LogP contribution in [0.1, 0.15) is 76.0 Å². The van der Waals surface area contributed by atoms with Gasteiger partial charge in [0.25, 0.3) is 0 Å². The first-order valence-electron chi connectivity index (χ1n) is 26.6. The van der Waals surface area contributed by atoms with E-state index in [4.69, 9.17) is 17.2 Å². The molecule has 0 spiro atoms. The Morgan fingerprint density at radius 2 is 0.838 bits per heavy atom. The topological polar surface area (TPSA) is 418 Å². The van der Waals surface area contributed by atoms with Crippen LogP contribution in [0.4, 0.5) is 0 Å². The Labute approximate surface area is 465 Å². The zero-order valence-electron chi connectivity index (χ0n) is 45.5. The molecule has 0 heterocycles. The molecule has 25 nitrogen and oxygen atoms in total. The molecule has 0 saturated heterocycles. The minimum absolute atomic E-state index is 0.0268. The smallest absolute Gasteiger partial charge is 0.326 e. The first-order chi connectivity index (χ1) is 38.2. The molecule has 438 valence electrons. The summed E-state index contributed by atoms with van der Waals surface area (Å²) in [6.07, 6.45) is 0.734. The number of hydrogen-bond acceptors (Lipinski definition) is 15. The van der Waals surface area contributed by atoms with Crippen LogP contribution in [0.3, 0.4) is 0 Å². The monoisotopic (exact) mass is 1120 g/mol. The molecule has 9 amide bonds. The van der Waals surface area contributed by atoms with E-state index in [1.165, 1.54) is 6.92 Å². The maximum Gasteiger partial charge on any atom is 0.326 e. The number of unbranched alkanes of at least 4 members (excludes halogenated alkanes) is 2. The number of carbonyl (C=O) groups is 10. The Morgan fingerprint density at radius 3 is 1.29 bits per heavy atom. The summed E-state index contributed by atoms with van der Waals surface area (Å²) in [6, 6.07) is 15.2. The van der Waals surface area contributed by atoms with E-state index in [-0.39, 0.29) is 38.6 Å². The van der Waals surface area contributed by atoms with E-state index in [1.807, 2.05) is 0 Å². The number of nitrogens with two attached hydrogens (primary N) is 3. The molecule has 3 rings (SSSR count). The third kappa shape index (κ3) is 24.0. The number of aliphatic hydroxyl groups is 2. The molecule has 80 heavy (non-hydrogen) atoms. The lowest BCUT2D eigenvalue weighted by molar-refractivity contribution is -0.142. The van der Waals surface area contributed by atoms with E-state index in [1.54, 1.807) is 105 Å². The average Bonchev–Trinajstić information content (AvgIpc) is 3.45. The van der Waals surface area contributed by atoms with Crippen LogP contribution in [0.5, 0.6) is 0 Å². The van der Waals surface area contributed by atoms with Crippen molar-refractivity contribution in [1.82, 2.24) is 47.9 Å². The lowest BCUT2D eigenvalue weighted by Gasteiger charge is -2.28. The standard InChI is InChI=1S/C55H80N12O13/c1-33(2)46(53(77)65-42(55(79)80)29-37-21-11-6-12-22-37)66-52(76)41(28-36-19-9-5-10-20-36)64-51(75)40(27-35-17-7-4-8-18-35)61-44(70)30-60-50(74)43(32-68)62-45(71)31-59-49(73)39(24-14-16-26-57)63-54(78)47(34(3)69)67-48(72)38(58)23-13-15-25-56/h4-12,17-22,33-34,38-43,46-47,68-69H,13-16,23-32,56-58H2,1-3H3,(H,59,73)(H,60,74)(H,61,70)(H,62,71)(H,63,78)(H,64,75)(H,65,77)(H,66,76)(H,67,72)(H,79,80)/t34?,38-,39-,40-,41-,42-,43-,46-,47-/m0/s1. The van der Waals surface area contributed by atoms with Gasteiger partial charge in [-0.3, -0.25) is 43.2 Å². The van der Waals surface area contributed by atoms with Crippen LogP contribution in [-0.2, 0) is 67.2 Å². The SMILES string of the molecule is CC(C)[C@H](NC(=O)[C@H](Cc1ccccc1)NC(=O)[C@H](Cc1ccccc1)NC(=O)CNC(=O)[C@H](CO)NC(=O)CNC(=O)[C@H](CCCCN)NC(=O)[C@@H](NC(=O)[C@@H](N)CCCCN)C(C)O)C(=O)N[C@@H](Cc1ccccc1)C(=O)O. The van der Waals surface area contributed by atoms with E-state index in [0.717, 1.165) is 0 Å². The molecule has 0 aliphatic rings. The van der Waals surface area contributed by atoms with Crippen LogP contribution in [0.25, 0.3) is 0 Å². The first-order valence-corrected chi connectivity index (χ1v) is 26.6. The van der Waals surface area contributed by atoms with Crippen molar-refractivity contribution in [2.24, 2.45) is 23.1 Å². The number of carboxylic acids is 1. The predicted molar refractivity (Wildman–Crippen MR) is 295 cm³/mol. The molecule has 0 aliphatic heterocycles. The number of carboxylic acid groups (broad SMARTS) is 1. The van der Waals surface area contributed by atoms with E-state index in [2.05, 4.69) is 47.9 Å². The number of amides is 9. The van der Waals surface area contributed by atoms with Crippen LogP contribution in [0, 0.1) is 5.92 Å². The van der Waals surface area contributed by atoms with Gasteiger partial charge in [0.15, 0.2) is 0 Å². The Hall–Kier alpha value is -7.84. The minimum Gasteiger partial charge on any atom is -0.480 e. The third-order valence-corrected chi connectivity index (χ3v) is 12.6. The summed E-state index contributed by atoms with van der Waals surface area (Å²) < 4.78 is 0. The first kappa shape index (κ1) is 66.4. The van der Waals surface area contributed by atoms with Gasteiger partial charge in [-0.25, -0.2) is 4.79 Å². The fraction of sp³-hybridized carbons (Fsp3) is 0.491. The van der Waals surface area contributed by atoms with Crippen molar-refractivity contribution >= 4 is 59.1 Å². The van der Waals surface area contributed by atoms with Gasteiger partial charge in [-0.2, -0.15) is 0 Å². The van der Waals surface area contributed by atoms with Gasteiger partial charge < -0.3 is 80.4 Å². The Balaban J connectivity index is 1.70. The van der Waals surface area contributed by atoms with E-state index >= 15 is 0 Å². The molecule has 9 atom stereocenters. The quantitative estimate of drug-likeness (QED) is 0.0259. The van der Waals surface area contributed by atoms with Crippen molar-refractivity contribution in [2.45, 2.75) is 133 Å². The second kappa shape index (κ2) is 35.6. The zero-order chi connectivity index (χ0) is 59.1. The van der Waals surface area contributed by atoms with Crippen LogP contribution < -0.4 is 65.1 Å². The van der Waals surface area contributed by atoms with Crippen molar-refractivity contribution < 1.29 is 63.3 Å². The number of nitrogens with one attached hydrogen (secondary N) is 9. The second-order valence-electron chi connectivity index (χ2n) is 19.6. The van der Waals surface area contributed by atoms with Crippen molar-refractivity contribution in [3.63, 3.8) is 0 Å². The number of hydrogen-bond donors (Lipinski definition) is 15. The van der Waals surface area contributed by atoms with Crippen molar-refractivity contribution in [3.8, 4) is 0 Å². The summed E-state index contributed by atoms with van der Waals surface area (Å²) >= 11 is 0. The van der Waals surface area contributed by atoms with Crippen molar-refractivity contribution in [1.29, 1.82) is 0 Å². The van der Waals surface area contributed by atoms with E-state index in [0.29, 0.717) is 48.9 Å².